The molecular formula is C16H13Cl3F3N3O2. The number of carbonyl (C=O) groups excluding carboxylic acids is 1. The van der Waals surface area contributed by atoms with Gasteiger partial charge in [0.1, 0.15) is 0 Å². The van der Waals surface area contributed by atoms with Gasteiger partial charge in [-0.2, -0.15) is 13.2 Å². The summed E-state index contributed by atoms with van der Waals surface area (Å²) in [6.45, 7) is 1.56. The van der Waals surface area contributed by atoms with Crippen molar-refractivity contribution < 1.29 is 22.8 Å². The predicted octanol–water partition coefficient (Wildman–Crippen LogP) is 5.09. The maximum atomic E-state index is 13.1. The molecule has 0 fully saturated rings. The fraction of sp³-hybridized carbons (Fsp3) is 0.312. The summed E-state index contributed by atoms with van der Waals surface area (Å²) in [5, 5.41) is 1.62. The summed E-state index contributed by atoms with van der Waals surface area (Å²) in [5.74, 6) is -1.09. The molecule has 1 unspecified atom stereocenters. The van der Waals surface area contributed by atoms with Crippen LogP contribution < -0.4 is 0 Å². The lowest BCUT2D eigenvalue weighted by Gasteiger charge is -2.27. The Balaban J connectivity index is 2.33. The monoisotopic (exact) mass is 441 g/mol. The summed E-state index contributed by atoms with van der Waals surface area (Å²) in [7, 11) is 1.16. The molecule has 0 aliphatic carbocycles. The van der Waals surface area contributed by atoms with Crippen LogP contribution in [0.3, 0.4) is 0 Å². The van der Waals surface area contributed by atoms with E-state index < -0.39 is 29.5 Å². The minimum Gasteiger partial charge on any atom is -0.274 e. The third kappa shape index (κ3) is 5.01. The van der Waals surface area contributed by atoms with Gasteiger partial charge < -0.3 is 0 Å². The van der Waals surface area contributed by atoms with E-state index in [0.29, 0.717) is 10.6 Å². The average molecular weight is 443 g/mol. The average Bonchev–Trinajstić information content (AvgIpc) is 2.57. The van der Waals surface area contributed by atoms with Crippen LogP contribution in [0.4, 0.5) is 13.2 Å². The van der Waals surface area contributed by atoms with Crippen LogP contribution in [0.25, 0.3) is 0 Å². The van der Waals surface area contributed by atoms with Crippen LogP contribution in [0.1, 0.15) is 28.7 Å². The Morgan fingerprint density at radius 3 is 2.26 bits per heavy atom. The molecule has 0 N–H and O–H groups in total. The number of amides is 1. The van der Waals surface area contributed by atoms with Gasteiger partial charge in [-0.1, -0.05) is 34.8 Å². The number of hydroxylamine groups is 2. The quantitative estimate of drug-likeness (QED) is 0.605. The van der Waals surface area contributed by atoms with Gasteiger partial charge in [0.05, 0.1) is 13.2 Å². The number of hydrogen-bond acceptors (Lipinski definition) is 4. The fourth-order valence-corrected chi connectivity index (χ4v) is 3.39. The minimum atomic E-state index is -4.84. The first-order valence-electron chi connectivity index (χ1n) is 7.45. The van der Waals surface area contributed by atoms with Crippen LogP contribution >= 0.6 is 34.8 Å². The fourth-order valence-electron chi connectivity index (χ4n) is 2.41. The molecule has 0 spiro atoms. The van der Waals surface area contributed by atoms with Crippen LogP contribution in [0.15, 0.2) is 24.5 Å². The molecule has 1 amide bonds. The lowest BCUT2D eigenvalue weighted by atomic mass is 10.1. The van der Waals surface area contributed by atoms with Gasteiger partial charge in [0.25, 0.3) is 5.91 Å². The van der Waals surface area contributed by atoms with E-state index in [9.17, 15) is 18.0 Å². The van der Waals surface area contributed by atoms with Crippen molar-refractivity contribution >= 4 is 40.7 Å². The van der Waals surface area contributed by atoms with E-state index in [1.165, 1.54) is 12.1 Å². The highest BCUT2D eigenvalue weighted by Gasteiger charge is 2.40. The van der Waals surface area contributed by atoms with E-state index in [2.05, 4.69) is 9.97 Å². The topological polar surface area (TPSA) is 55.3 Å². The second-order valence-corrected chi connectivity index (χ2v) is 6.72. The molecule has 1 aromatic heterocycles. The van der Waals surface area contributed by atoms with Crippen LogP contribution in [0.2, 0.25) is 15.1 Å². The van der Waals surface area contributed by atoms with E-state index in [1.807, 2.05) is 0 Å². The van der Waals surface area contributed by atoms with Crippen molar-refractivity contribution in [1.82, 2.24) is 15.0 Å². The smallest absolute Gasteiger partial charge is 0.274 e. The molecule has 27 heavy (non-hydrogen) atoms. The second kappa shape index (κ2) is 8.60. The molecule has 1 heterocycles. The predicted molar refractivity (Wildman–Crippen MR) is 94.9 cm³/mol. The largest absolute Gasteiger partial charge is 0.435 e. The molecular weight excluding hydrogens is 430 g/mol. The van der Waals surface area contributed by atoms with Crippen LogP contribution in [0.5, 0.6) is 0 Å². The Morgan fingerprint density at radius 2 is 1.74 bits per heavy atom. The molecule has 2 rings (SSSR count). The van der Waals surface area contributed by atoms with Gasteiger partial charge in [-0.3, -0.25) is 9.63 Å². The van der Waals surface area contributed by atoms with Crippen LogP contribution in [-0.4, -0.2) is 34.1 Å². The molecule has 0 saturated carbocycles. The lowest BCUT2D eigenvalue weighted by molar-refractivity contribution is -0.143. The van der Waals surface area contributed by atoms with Crippen LogP contribution in [0, 0.1) is 0 Å². The number of hydrogen-bond donors (Lipinski definition) is 0. The zero-order chi connectivity index (χ0) is 20.4. The summed E-state index contributed by atoms with van der Waals surface area (Å²) >= 11 is 18.1. The van der Waals surface area contributed by atoms with Gasteiger partial charge in [0, 0.05) is 27.5 Å². The van der Waals surface area contributed by atoms with Crippen molar-refractivity contribution in [2.24, 2.45) is 0 Å². The molecule has 146 valence electrons. The number of rotatable bonds is 5. The SMILES string of the molecule is CON(C(=O)c1nccnc1C(F)(F)F)C(C)Cc1c(Cl)cc(Cl)cc1Cl. The van der Waals surface area contributed by atoms with E-state index in [0.717, 1.165) is 24.6 Å². The van der Waals surface area contributed by atoms with Crippen molar-refractivity contribution in [2.75, 3.05) is 7.11 Å². The van der Waals surface area contributed by atoms with E-state index in [4.69, 9.17) is 39.6 Å². The van der Waals surface area contributed by atoms with Gasteiger partial charge in [-0.15, -0.1) is 0 Å². The molecule has 0 bridgehead atoms. The van der Waals surface area contributed by atoms with Crippen molar-refractivity contribution in [3.63, 3.8) is 0 Å². The second-order valence-electron chi connectivity index (χ2n) is 5.47. The van der Waals surface area contributed by atoms with Crippen molar-refractivity contribution in [3.05, 3.63) is 56.5 Å². The Bertz CT molecular complexity index is 826. The summed E-state index contributed by atoms with van der Waals surface area (Å²) in [6, 6.07) is 2.22. The van der Waals surface area contributed by atoms with Gasteiger partial charge in [0.2, 0.25) is 0 Å². The van der Waals surface area contributed by atoms with E-state index >= 15 is 0 Å². The van der Waals surface area contributed by atoms with Crippen molar-refractivity contribution in [1.29, 1.82) is 0 Å². The zero-order valence-electron chi connectivity index (χ0n) is 14.0. The first-order chi connectivity index (χ1) is 12.6. The highest BCUT2D eigenvalue weighted by molar-refractivity contribution is 6.39. The number of carbonyl (C=O) groups is 1. The Morgan fingerprint density at radius 1 is 1.19 bits per heavy atom. The number of nitrogens with zero attached hydrogens (tertiary/aromatic N) is 3. The van der Waals surface area contributed by atoms with Gasteiger partial charge >= 0.3 is 6.18 Å². The maximum absolute atomic E-state index is 13.1. The molecule has 1 aromatic carbocycles. The van der Waals surface area contributed by atoms with E-state index in [-0.39, 0.29) is 16.5 Å². The van der Waals surface area contributed by atoms with Crippen molar-refractivity contribution in [2.45, 2.75) is 25.6 Å². The molecule has 5 nitrogen and oxygen atoms in total. The van der Waals surface area contributed by atoms with Gasteiger partial charge in [0.15, 0.2) is 11.4 Å². The third-order valence-electron chi connectivity index (χ3n) is 3.57. The normalized spacial score (nSPS) is 12.7. The standard InChI is InChI=1S/C16H13Cl3F3N3O2/c1-8(5-10-11(18)6-9(17)7-12(10)19)25(27-2)15(26)13-14(16(20,21)22)24-4-3-23-13/h3-4,6-8H,5H2,1-2H3. The van der Waals surface area contributed by atoms with E-state index in [1.54, 1.807) is 6.92 Å². The molecule has 0 radical (unpaired) electrons. The minimum absolute atomic E-state index is 0.107. The third-order valence-corrected chi connectivity index (χ3v) is 4.46. The lowest BCUT2D eigenvalue weighted by Crippen LogP contribution is -2.40. The van der Waals surface area contributed by atoms with Crippen LogP contribution in [-0.2, 0) is 17.4 Å². The highest BCUT2D eigenvalue weighted by atomic mass is 35.5. The molecule has 0 aliphatic rings. The Hall–Kier alpha value is -1.61. The number of benzene rings is 1. The maximum Gasteiger partial charge on any atom is 0.435 e. The Labute approximate surface area is 168 Å². The first kappa shape index (κ1) is 21.7. The molecule has 2 aromatic rings. The van der Waals surface area contributed by atoms with Gasteiger partial charge in [-0.05, 0) is 31.0 Å². The Kier molecular flexibility index (Phi) is 6.91. The molecule has 0 aliphatic heterocycles. The van der Waals surface area contributed by atoms with Crippen molar-refractivity contribution in [3.8, 4) is 0 Å². The molecule has 11 heteroatoms. The number of halogens is 6. The zero-order valence-corrected chi connectivity index (χ0v) is 16.3. The molecule has 1 atom stereocenters. The summed E-state index contributed by atoms with van der Waals surface area (Å²) in [6.07, 6.45) is -2.89. The number of alkyl halides is 3. The highest BCUT2D eigenvalue weighted by Crippen LogP contribution is 2.32. The first-order valence-corrected chi connectivity index (χ1v) is 8.59. The van der Waals surface area contributed by atoms with Gasteiger partial charge in [-0.25, -0.2) is 15.0 Å². The summed E-state index contributed by atoms with van der Waals surface area (Å²) in [5.41, 5.74) is -1.79. The molecule has 0 saturated heterocycles. The number of aromatic nitrogens is 2. The summed E-state index contributed by atoms with van der Waals surface area (Å²) in [4.78, 5) is 24.4. The summed E-state index contributed by atoms with van der Waals surface area (Å²) < 4.78 is 39.3.